The molecule has 1 unspecified atom stereocenters. The summed E-state index contributed by atoms with van der Waals surface area (Å²) in [5.74, 6) is 0. The van der Waals surface area contributed by atoms with Gasteiger partial charge in [0.1, 0.15) is 8.96 Å². The van der Waals surface area contributed by atoms with Crippen LogP contribution in [0, 0.1) is 0 Å². The van der Waals surface area contributed by atoms with Crippen molar-refractivity contribution in [3.05, 3.63) is 0 Å². The molecule has 0 aliphatic rings. The summed E-state index contributed by atoms with van der Waals surface area (Å²) >= 11 is 0. The molecule has 0 aromatic heterocycles. The first-order chi connectivity index (χ1) is 5.20. The molecule has 1 N–H and O–H groups in total. The number of methoxy groups -OCH3 is 1. The molecule has 0 saturated carbocycles. The molecule has 0 aromatic carbocycles. The molecule has 0 aromatic rings. The fourth-order valence-electron chi connectivity index (χ4n) is 0.843. The largest absolute Gasteiger partial charge is 0.453 e. The van der Waals surface area contributed by atoms with E-state index in [4.69, 9.17) is 0 Å². The van der Waals surface area contributed by atoms with Crippen molar-refractivity contribution in [2.75, 3.05) is 7.11 Å². The van der Waals surface area contributed by atoms with Gasteiger partial charge in [-0.25, -0.2) is 4.79 Å². The van der Waals surface area contributed by atoms with E-state index in [0.717, 1.165) is 6.04 Å². The van der Waals surface area contributed by atoms with E-state index in [0.29, 0.717) is 0 Å². The van der Waals surface area contributed by atoms with Crippen molar-refractivity contribution in [1.82, 2.24) is 4.98 Å². The first-order valence-corrected chi connectivity index (χ1v) is 6.60. The summed E-state index contributed by atoms with van der Waals surface area (Å²) in [6.07, 6.45) is 2.12. The fraction of sp³-hybridized carbons (Fsp3) is 0.857. The van der Waals surface area contributed by atoms with Crippen LogP contribution in [0.1, 0.15) is 19.8 Å². The maximum Gasteiger partial charge on any atom is 0.398 e. The van der Waals surface area contributed by atoms with Crippen molar-refractivity contribution in [1.29, 1.82) is 0 Å². The van der Waals surface area contributed by atoms with E-state index in [9.17, 15) is 4.79 Å². The molecule has 1 amide bonds. The minimum absolute atomic E-state index is 0.278. The first-order valence-electron chi connectivity index (χ1n) is 4.05. The number of nitrogens with one attached hydrogen (secondary N) is 1. The Labute approximate surface area is 69.8 Å². The zero-order valence-electron chi connectivity index (χ0n) is 7.52. The van der Waals surface area contributed by atoms with Crippen LogP contribution in [-0.2, 0) is 4.74 Å². The average Bonchev–Trinajstić information content (AvgIpc) is 2.00. The topological polar surface area (TPSA) is 38.3 Å². The molecular weight excluding hydrogens is 158 g/mol. The molecule has 0 fully saturated rings. The smallest absolute Gasteiger partial charge is 0.398 e. The number of carbonyl (C=O) groups is 1. The summed E-state index contributed by atoms with van der Waals surface area (Å²) in [4.78, 5) is 13.5. The average molecular weight is 175 g/mol. The normalized spacial score (nSPS) is 12.3. The first kappa shape index (κ1) is 10.5. The van der Waals surface area contributed by atoms with Crippen molar-refractivity contribution in [3.8, 4) is 0 Å². The number of rotatable bonds is 4. The van der Waals surface area contributed by atoms with Crippen LogP contribution >= 0.6 is 0 Å². The zero-order chi connectivity index (χ0) is 8.69. The van der Waals surface area contributed by atoms with Gasteiger partial charge in [-0.15, -0.1) is 0 Å². The zero-order valence-corrected chi connectivity index (χ0v) is 8.67. The van der Waals surface area contributed by atoms with Crippen LogP contribution in [0.25, 0.3) is 0 Å². The predicted molar refractivity (Wildman–Crippen MR) is 48.3 cm³/mol. The van der Waals surface area contributed by atoms with Crippen molar-refractivity contribution in [2.24, 2.45) is 0 Å². The van der Waals surface area contributed by atoms with Crippen molar-refractivity contribution >= 4 is 15.1 Å². The Hall–Kier alpha value is -0.513. The number of amides is 1. The highest BCUT2D eigenvalue weighted by molar-refractivity contribution is 6.57. The van der Waals surface area contributed by atoms with E-state index in [1.807, 2.05) is 0 Å². The number of hydrogen-bond acceptors (Lipinski definition) is 2. The lowest BCUT2D eigenvalue weighted by atomic mass is 10.4. The monoisotopic (exact) mass is 175 g/mol. The fourth-order valence-corrected chi connectivity index (χ4v) is 2.53. The third-order valence-corrected chi connectivity index (χ3v) is 3.54. The van der Waals surface area contributed by atoms with Gasteiger partial charge in [0, 0.05) is 0 Å². The van der Waals surface area contributed by atoms with Crippen LogP contribution in [0.4, 0.5) is 4.79 Å². The standard InChI is InChI=1S/C7H17NO2Si/c1-4-5-6-11(3)8-7(9)10-2/h11H,4-6H2,1-3H3,(H,8,9). The number of carbonyl (C=O) groups excluding carboxylic acids is 1. The summed E-state index contributed by atoms with van der Waals surface area (Å²) in [6, 6.07) is 1.16. The molecule has 66 valence electrons. The Morgan fingerprint density at radius 2 is 2.27 bits per heavy atom. The molecule has 3 nitrogen and oxygen atoms in total. The Morgan fingerprint density at radius 1 is 1.64 bits per heavy atom. The highest BCUT2D eigenvalue weighted by Gasteiger charge is 2.06. The Balaban J connectivity index is 3.35. The van der Waals surface area contributed by atoms with Gasteiger partial charge < -0.3 is 9.72 Å². The van der Waals surface area contributed by atoms with Crippen LogP contribution < -0.4 is 4.98 Å². The van der Waals surface area contributed by atoms with Crippen LogP contribution in [0.15, 0.2) is 0 Å². The summed E-state index contributed by atoms with van der Waals surface area (Å²) in [5.41, 5.74) is 0. The maximum absolute atomic E-state index is 10.7. The minimum atomic E-state index is -1.02. The second-order valence-electron chi connectivity index (χ2n) is 2.68. The summed E-state index contributed by atoms with van der Waals surface area (Å²) < 4.78 is 4.49. The molecule has 0 bridgehead atoms. The molecule has 4 heteroatoms. The predicted octanol–water partition coefficient (Wildman–Crippen LogP) is 1.50. The molecule has 0 aliphatic heterocycles. The van der Waals surface area contributed by atoms with E-state index in [1.54, 1.807) is 0 Å². The van der Waals surface area contributed by atoms with Gasteiger partial charge >= 0.3 is 6.09 Å². The molecule has 0 spiro atoms. The molecule has 0 aliphatic carbocycles. The Bertz CT molecular complexity index is 119. The molecule has 0 rings (SSSR count). The molecule has 0 heterocycles. The molecule has 1 atom stereocenters. The van der Waals surface area contributed by atoms with Crippen LogP contribution in [0.3, 0.4) is 0 Å². The lowest BCUT2D eigenvalue weighted by molar-refractivity contribution is 0.177. The Morgan fingerprint density at radius 3 is 2.73 bits per heavy atom. The van der Waals surface area contributed by atoms with Gasteiger partial charge in [0.2, 0.25) is 0 Å². The van der Waals surface area contributed by atoms with E-state index >= 15 is 0 Å². The van der Waals surface area contributed by atoms with Gasteiger partial charge in [0.15, 0.2) is 0 Å². The van der Waals surface area contributed by atoms with Crippen molar-refractivity contribution in [3.63, 3.8) is 0 Å². The van der Waals surface area contributed by atoms with E-state index < -0.39 is 8.96 Å². The number of hydrogen-bond donors (Lipinski definition) is 1. The quantitative estimate of drug-likeness (QED) is 0.657. The maximum atomic E-state index is 10.7. The third kappa shape index (κ3) is 5.91. The van der Waals surface area contributed by atoms with Gasteiger partial charge in [-0.05, 0) is 6.04 Å². The molecule has 11 heavy (non-hydrogen) atoms. The van der Waals surface area contributed by atoms with E-state index in [1.165, 1.54) is 20.0 Å². The molecule has 0 radical (unpaired) electrons. The van der Waals surface area contributed by atoms with Gasteiger partial charge in [0.05, 0.1) is 7.11 Å². The Kier molecular flexibility index (Phi) is 5.92. The van der Waals surface area contributed by atoms with E-state index in [2.05, 4.69) is 23.2 Å². The molecule has 0 saturated heterocycles. The van der Waals surface area contributed by atoms with Crippen molar-refractivity contribution < 1.29 is 9.53 Å². The lowest BCUT2D eigenvalue weighted by Gasteiger charge is -2.09. The van der Waals surface area contributed by atoms with Gasteiger partial charge in [-0.1, -0.05) is 26.3 Å². The highest BCUT2D eigenvalue weighted by Crippen LogP contribution is 1.98. The number of unbranched alkanes of at least 4 members (excludes halogenated alkanes) is 1. The highest BCUT2D eigenvalue weighted by atomic mass is 28.3. The lowest BCUT2D eigenvalue weighted by Crippen LogP contribution is -2.35. The van der Waals surface area contributed by atoms with Crippen LogP contribution in [0.2, 0.25) is 12.6 Å². The van der Waals surface area contributed by atoms with E-state index in [-0.39, 0.29) is 6.09 Å². The second kappa shape index (κ2) is 6.21. The summed E-state index contributed by atoms with van der Waals surface area (Å²) in [7, 11) is 0.379. The van der Waals surface area contributed by atoms with Crippen LogP contribution in [0.5, 0.6) is 0 Å². The van der Waals surface area contributed by atoms with Crippen molar-refractivity contribution in [2.45, 2.75) is 32.4 Å². The summed E-state index contributed by atoms with van der Waals surface area (Å²) in [6.45, 7) is 4.27. The SMILES string of the molecule is CCCC[SiH](C)NC(=O)OC. The van der Waals surface area contributed by atoms with Gasteiger partial charge in [0.25, 0.3) is 0 Å². The second-order valence-corrected chi connectivity index (χ2v) is 5.35. The molecular formula is C7H17NO2Si. The minimum Gasteiger partial charge on any atom is -0.453 e. The van der Waals surface area contributed by atoms with Gasteiger partial charge in [-0.3, -0.25) is 0 Å². The third-order valence-electron chi connectivity index (χ3n) is 1.54. The van der Waals surface area contributed by atoms with Gasteiger partial charge in [-0.2, -0.15) is 0 Å². The summed E-state index contributed by atoms with van der Waals surface area (Å²) in [5, 5.41) is 0. The van der Waals surface area contributed by atoms with Crippen LogP contribution in [-0.4, -0.2) is 22.2 Å². The number of ether oxygens (including phenoxy) is 1.